The predicted molar refractivity (Wildman–Crippen MR) is 77.4 cm³/mol. The summed E-state index contributed by atoms with van der Waals surface area (Å²) >= 11 is 5.37. The minimum Gasteiger partial charge on any atom is -0.309 e. The number of hydrogen-bond acceptors (Lipinski definition) is 2. The van der Waals surface area contributed by atoms with Crippen molar-refractivity contribution in [3.05, 3.63) is 20.8 Å². The fourth-order valence-electron chi connectivity index (χ4n) is 3.54. The van der Waals surface area contributed by atoms with E-state index < -0.39 is 0 Å². The summed E-state index contributed by atoms with van der Waals surface area (Å²) in [6.45, 7) is 1.06. The Balaban J connectivity index is 1.55. The minimum atomic E-state index is 0.687. The molecule has 0 amide bonds. The van der Waals surface area contributed by atoms with E-state index in [9.17, 15) is 0 Å². The van der Waals surface area contributed by atoms with Crippen LogP contribution in [0.1, 0.15) is 49.8 Å². The Morgan fingerprint density at radius 3 is 2.71 bits per heavy atom. The number of halogens is 1. The molecule has 1 atom stereocenters. The first-order chi connectivity index (χ1) is 8.28. The fraction of sp³-hybridized carbons (Fsp3) is 0.714. The van der Waals surface area contributed by atoms with E-state index in [1.165, 1.54) is 54.3 Å². The summed E-state index contributed by atoms with van der Waals surface area (Å²) in [7, 11) is 0. The summed E-state index contributed by atoms with van der Waals surface area (Å²) in [4.78, 5) is 1.45. The van der Waals surface area contributed by atoms with Crippen molar-refractivity contribution in [1.29, 1.82) is 0 Å². The van der Waals surface area contributed by atoms with Gasteiger partial charge in [0, 0.05) is 27.3 Å². The molecule has 1 N–H and O–H groups in total. The van der Waals surface area contributed by atoms with E-state index in [0.29, 0.717) is 5.41 Å². The molecule has 1 aromatic rings. The van der Waals surface area contributed by atoms with Gasteiger partial charge in [-0.15, -0.1) is 11.3 Å². The topological polar surface area (TPSA) is 12.0 Å². The molecule has 0 aliphatic heterocycles. The van der Waals surface area contributed by atoms with Crippen molar-refractivity contribution in [2.75, 3.05) is 0 Å². The van der Waals surface area contributed by atoms with Crippen molar-refractivity contribution >= 4 is 27.3 Å². The lowest BCUT2D eigenvalue weighted by Crippen LogP contribution is -2.53. The molecule has 1 nitrogen and oxygen atoms in total. The van der Waals surface area contributed by atoms with Gasteiger partial charge in [-0.2, -0.15) is 0 Å². The first-order valence-corrected chi connectivity index (χ1v) is 8.42. The van der Waals surface area contributed by atoms with Gasteiger partial charge in [0.15, 0.2) is 0 Å². The largest absolute Gasteiger partial charge is 0.309 e. The highest BCUT2D eigenvalue weighted by molar-refractivity contribution is 9.10. The molecular formula is C14H20BrNS. The SMILES string of the molecule is Brc1csc(CNC2CCC23CCCCC3)c1. The highest BCUT2D eigenvalue weighted by Crippen LogP contribution is 2.51. The Bertz CT molecular complexity index is 381. The van der Waals surface area contributed by atoms with Crippen molar-refractivity contribution in [3.8, 4) is 0 Å². The zero-order valence-corrected chi connectivity index (χ0v) is 12.6. The molecule has 1 spiro atoms. The van der Waals surface area contributed by atoms with E-state index in [0.717, 1.165) is 12.6 Å². The summed E-state index contributed by atoms with van der Waals surface area (Å²) in [5, 5.41) is 5.97. The Morgan fingerprint density at radius 1 is 1.29 bits per heavy atom. The van der Waals surface area contributed by atoms with Crippen LogP contribution in [-0.2, 0) is 6.54 Å². The zero-order valence-electron chi connectivity index (χ0n) is 10.2. The maximum Gasteiger partial charge on any atom is 0.0302 e. The third-order valence-electron chi connectivity index (χ3n) is 4.66. The molecular weight excluding hydrogens is 294 g/mol. The third kappa shape index (κ3) is 2.47. The van der Waals surface area contributed by atoms with Gasteiger partial charge < -0.3 is 5.32 Å². The smallest absolute Gasteiger partial charge is 0.0302 e. The summed E-state index contributed by atoms with van der Waals surface area (Å²) in [6.07, 6.45) is 10.2. The lowest BCUT2D eigenvalue weighted by molar-refractivity contribution is 0.0223. The molecule has 0 radical (unpaired) electrons. The standard InChI is InChI=1S/C14H20BrNS/c15-11-8-12(17-10-11)9-16-13-4-7-14(13)5-2-1-3-6-14/h8,10,13,16H,1-7,9H2. The molecule has 1 unspecified atom stereocenters. The van der Waals surface area contributed by atoms with Gasteiger partial charge in [-0.25, -0.2) is 0 Å². The maximum atomic E-state index is 3.80. The molecule has 3 rings (SSSR count). The van der Waals surface area contributed by atoms with Gasteiger partial charge in [0.05, 0.1) is 0 Å². The Morgan fingerprint density at radius 2 is 2.12 bits per heavy atom. The molecule has 94 valence electrons. The van der Waals surface area contributed by atoms with Crippen LogP contribution in [0.3, 0.4) is 0 Å². The van der Waals surface area contributed by atoms with E-state index >= 15 is 0 Å². The molecule has 2 fully saturated rings. The number of hydrogen-bond donors (Lipinski definition) is 1. The third-order valence-corrected chi connectivity index (χ3v) is 6.36. The van der Waals surface area contributed by atoms with Gasteiger partial charge in [0.2, 0.25) is 0 Å². The van der Waals surface area contributed by atoms with Crippen molar-refractivity contribution in [2.45, 2.75) is 57.5 Å². The number of thiophene rings is 1. The molecule has 2 aliphatic rings. The number of rotatable bonds is 3. The molecule has 17 heavy (non-hydrogen) atoms. The lowest BCUT2D eigenvalue weighted by Gasteiger charge is -2.52. The first-order valence-electron chi connectivity index (χ1n) is 6.75. The second-order valence-corrected chi connectivity index (χ2v) is 7.54. The van der Waals surface area contributed by atoms with Crippen LogP contribution >= 0.6 is 27.3 Å². The molecule has 2 saturated carbocycles. The Hall–Kier alpha value is 0.140. The second kappa shape index (κ2) is 5.02. The quantitative estimate of drug-likeness (QED) is 0.852. The van der Waals surface area contributed by atoms with Crippen LogP contribution in [0.4, 0.5) is 0 Å². The minimum absolute atomic E-state index is 0.687. The van der Waals surface area contributed by atoms with Crippen LogP contribution in [0, 0.1) is 5.41 Å². The second-order valence-electron chi connectivity index (χ2n) is 5.63. The van der Waals surface area contributed by atoms with Crippen LogP contribution in [-0.4, -0.2) is 6.04 Å². The van der Waals surface area contributed by atoms with Crippen LogP contribution in [0.5, 0.6) is 0 Å². The van der Waals surface area contributed by atoms with Gasteiger partial charge in [-0.1, -0.05) is 19.3 Å². The maximum absolute atomic E-state index is 3.80. The molecule has 0 bridgehead atoms. The molecule has 2 aliphatic carbocycles. The lowest BCUT2D eigenvalue weighted by atomic mass is 9.57. The summed E-state index contributed by atoms with van der Waals surface area (Å²) in [5.41, 5.74) is 0.687. The van der Waals surface area contributed by atoms with Crippen LogP contribution < -0.4 is 5.32 Å². The average Bonchev–Trinajstić information content (AvgIpc) is 2.75. The van der Waals surface area contributed by atoms with Crippen molar-refractivity contribution < 1.29 is 0 Å². The fourth-order valence-corrected chi connectivity index (χ4v) is 4.94. The van der Waals surface area contributed by atoms with E-state index in [2.05, 4.69) is 32.7 Å². The molecule has 0 saturated heterocycles. The van der Waals surface area contributed by atoms with Gasteiger partial charge in [0.1, 0.15) is 0 Å². The molecule has 0 aromatic carbocycles. The Kier molecular flexibility index (Phi) is 3.60. The summed E-state index contributed by atoms with van der Waals surface area (Å²) in [6, 6.07) is 3.04. The summed E-state index contributed by atoms with van der Waals surface area (Å²) in [5.74, 6) is 0. The molecule has 3 heteroatoms. The van der Waals surface area contributed by atoms with Gasteiger partial charge in [-0.3, -0.25) is 0 Å². The van der Waals surface area contributed by atoms with Gasteiger partial charge >= 0.3 is 0 Å². The van der Waals surface area contributed by atoms with Crippen LogP contribution in [0.25, 0.3) is 0 Å². The van der Waals surface area contributed by atoms with E-state index in [-0.39, 0.29) is 0 Å². The van der Waals surface area contributed by atoms with Gasteiger partial charge in [-0.05, 0) is 53.1 Å². The summed E-state index contributed by atoms with van der Waals surface area (Å²) < 4.78 is 1.22. The monoisotopic (exact) mass is 313 g/mol. The highest BCUT2D eigenvalue weighted by Gasteiger charge is 2.46. The van der Waals surface area contributed by atoms with Crippen molar-refractivity contribution in [1.82, 2.24) is 5.32 Å². The Labute approximate surface area is 116 Å². The van der Waals surface area contributed by atoms with Gasteiger partial charge in [0.25, 0.3) is 0 Å². The van der Waals surface area contributed by atoms with Crippen LogP contribution in [0.2, 0.25) is 0 Å². The van der Waals surface area contributed by atoms with E-state index in [1.807, 2.05) is 11.3 Å². The van der Waals surface area contributed by atoms with Crippen molar-refractivity contribution in [3.63, 3.8) is 0 Å². The van der Waals surface area contributed by atoms with E-state index in [4.69, 9.17) is 0 Å². The zero-order chi connectivity index (χ0) is 11.7. The predicted octanol–water partition coefficient (Wildman–Crippen LogP) is 4.71. The average molecular weight is 314 g/mol. The molecule has 1 aromatic heterocycles. The molecule has 1 heterocycles. The van der Waals surface area contributed by atoms with Crippen molar-refractivity contribution in [2.24, 2.45) is 5.41 Å². The normalized spacial score (nSPS) is 27.0. The van der Waals surface area contributed by atoms with Crippen LogP contribution in [0.15, 0.2) is 15.9 Å². The highest BCUT2D eigenvalue weighted by atomic mass is 79.9. The van der Waals surface area contributed by atoms with E-state index in [1.54, 1.807) is 0 Å². The first kappa shape index (κ1) is 12.2. The number of nitrogens with one attached hydrogen (secondary N) is 1.